The summed E-state index contributed by atoms with van der Waals surface area (Å²) in [5.41, 5.74) is 1.56. The molecule has 1 aliphatic rings. The maximum absolute atomic E-state index is 12.8. The highest BCUT2D eigenvalue weighted by molar-refractivity contribution is 6.31. The number of carbonyl (C=O) groups excluding carboxylic acids is 2. The summed E-state index contributed by atoms with van der Waals surface area (Å²) in [6.45, 7) is -0.358. The molecule has 1 aliphatic heterocycles. The molecule has 1 aromatic carbocycles. The smallest absolute Gasteiger partial charge is 0.416 e. The van der Waals surface area contributed by atoms with Crippen LogP contribution in [-0.4, -0.2) is 16.9 Å². The van der Waals surface area contributed by atoms with E-state index in [9.17, 15) is 22.8 Å². The van der Waals surface area contributed by atoms with E-state index < -0.39 is 23.6 Å². The lowest BCUT2D eigenvalue weighted by atomic mass is 10.1. The Morgan fingerprint density at radius 2 is 2.00 bits per heavy atom. The van der Waals surface area contributed by atoms with Crippen molar-refractivity contribution < 1.29 is 32.3 Å². The predicted octanol–water partition coefficient (Wildman–Crippen LogP) is 2.25. The molecule has 2 amide bonds. The van der Waals surface area contributed by atoms with Gasteiger partial charge in [-0.05, 0) is 24.3 Å². The van der Waals surface area contributed by atoms with E-state index in [1.165, 1.54) is 24.7 Å². The fourth-order valence-corrected chi connectivity index (χ4v) is 2.30. The summed E-state index contributed by atoms with van der Waals surface area (Å²) in [5, 5.41) is 9.90. The topological polar surface area (TPSA) is 82.8 Å². The zero-order valence-electron chi connectivity index (χ0n) is 12.5. The lowest BCUT2D eigenvalue weighted by molar-refractivity contribution is -0.137. The summed E-state index contributed by atoms with van der Waals surface area (Å²) >= 11 is 0. The van der Waals surface area contributed by atoms with Crippen LogP contribution in [0.25, 0.3) is 6.08 Å². The van der Waals surface area contributed by atoms with E-state index in [2.05, 4.69) is 5.43 Å². The van der Waals surface area contributed by atoms with Gasteiger partial charge in [-0.2, -0.15) is 13.2 Å². The Labute approximate surface area is 139 Å². The first-order valence-corrected chi connectivity index (χ1v) is 7.01. The first-order chi connectivity index (χ1) is 11.8. The lowest BCUT2D eigenvalue weighted by Crippen LogP contribution is -2.35. The zero-order chi connectivity index (χ0) is 18.2. The van der Waals surface area contributed by atoms with Gasteiger partial charge in [0.05, 0.1) is 30.4 Å². The number of anilines is 1. The van der Waals surface area contributed by atoms with Gasteiger partial charge in [0, 0.05) is 11.1 Å². The lowest BCUT2D eigenvalue weighted by Gasteiger charge is -2.16. The van der Waals surface area contributed by atoms with E-state index in [4.69, 9.17) is 9.52 Å². The molecule has 9 heteroatoms. The Morgan fingerprint density at radius 3 is 2.68 bits per heavy atom. The number of amides is 2. The van der Waals surface area contributed by atoms with Crippen molar-refractivity contribution >= 4 is 23.6 Å². The summed E-state index contributed by atoms with van der Waals surface area (Å²) in [4.78, 5) is 24.4. The molecule has 130 valence electrons. The second-order valence-electron chi connectivity index (χ2n) is 5.20. The van der Waals surface area contributed by atoms with Crippen LogP contribution >= 0.6 is 0 Å². The molecule has 0 aliphatic carbocycles. The molecule has 2 aromatic rings. The Balaban J connectivity index is 1.94. The van der Waals surface area contributed by atoms with Gasteiger partial charge < -0.3 is 9.52 Å². The monoisotopic (exact) mass is 352 g/mol. The molecule has 3 rings (SSSR count). The molecule has 25 heavy (non-hydrogen) atoms. The van der Waals surface area contributed by atoms with Gasteiger partial charge >= 0.3 is 6.18 Å². The average molecular weight is 352 g/mol. The number of hydrogen-bond donors (Lipinski definition) is 2. The van der Waals surface area contributed by atoms with Crippen molar-refractivity contribution in [1.82, 2.24) is 5.43 Å². The minimum atomic E-state index is -4.58. The van der Waals surface area contributed by atoms with Gasteiger partial charge in [-0.15, -0.1) is 0 Å². The van der Waals surface area contributed by atoms with Crippen molar-refractivity contribution in [2.75, 3.05) is 5.01 Å². The largest absolute Gasteiger partial charge is 0.472 e. The summed E-state index contributed by atoms with van der Waals surface area (Å²) in [6.07, 6.45) is -0.866. The van der Waals surface area contributed by atoms with Crippen LogP contribution in [0.3, 0.4) is 0 Å². The van der Waals surface area contributed by atoms with Crippen LogP contribution in [0.5, 0.6) is 0 Å². The maximum Gasteiger partial charge on any atom is 0.416 e. The second kappa shape index (κ2) is 6.10. The SMILES string of the molecule is O=C1NN(c2cccc(C(F)(F)F)c2)C(=O)/C1=C/c1cocc1CO. The van der Waals surface area contributed by atoms with Crippen molar-refractivity contribution in [2.45, 2.75) is 12.8 Å². The molecule has 1 aromatic heterocycles. The van der Waals surface area contributed by atoms with Gasteiger partial charge in [0.25, 0.3) is 11.8 Å². The van der Waals surface area contributed by atoms with E-state index in [0.29, 0.717) is 11.1 Å². The van der Waals surface area contributed by atoms with Crippen LogP contribution in [0, 0.1) is 0 Å². The number of furan rings is 1. The number of aliphatic hydroxyl groups excluding tert-OH is 1. The van der Waals surface area contributed by atoms with Gasteiger partial charge in [-0.25, -0.2) is 5.01 Å². The number of aliphatic hydroxyl groups is 1. The van der Waals surface area contributed by atoms with Crippen molar-refractivity contribution in [3.05, 3.63) is 59.1 Å². The van der Waals surface area contributed by atoms with Crippen molar-refractivity contribution in [3.8, 4) is 0 Å². The van der Waals surface area contributed by atoms with Gasteiger partial charge in [0.1, 0.15) is 5.57 Å². The molecule has 0 atom stereocenters. The molecule has 2 N–H and O–H groups in total. The Morgan fingerprint density at radius 1 is 1.24 bits per heavy atom. The number of hydrogen-bond acceptors (Lipinski definition) is 4. The van der Waals surface area contributed by atoms with Crippen LogP contribution in [0.4, 0.5) is 18.9 Å². The van der Waals surface area contributed by atoms with Crippen molar-refractivity contribution in [2.24, 2.45) is 0 Å². The van der Waals surface area contributed by atoms with Crippen LogP contribution in [0.2, 0.25) is 0 Å². The average Bonchev–Trinajstić information content (AvgIpc) is 3.13. The third kappa shape index (κ3) is 3.13. The molecule has 0 radical (unpaired) electrons. The highest BCUT2D eigenvalue weighted by Crippen LogP contribution is 2.32. The maximum atomic E-state index is 12.8. The number of benzene rings is 1. The standard InChI is InChI=1S/C16H11F3N2O4/c17-16(18,19)11-2-1-3-12(5-11)21-15(24)13(14(23)20-21)4-9-7-25-8-10(9)6-22/h1-5,7-8,22H,6H2,(H,20,23)/b13-4+. The molecule has 0 bridgehead atoms. The number of nitrogens with zero attached hydrogens (tertiary/aromatic N) is 1. The summed E-state index contributed by atoms with van der Waals surface area (Å²) < 4.78 is 43.3. The van der Waals surface area contributed by atoms with Crippen LogP contribution < -0.4 is 10.4 Å². The van der Waals surface area contributed by atoms with Crippen LogP contribution in [0.15, 0.2) is 46.8 Å². The molecular weight excluding hydrogens is 341 g/mol. The molecule has 1 saturated heterocycles. The van der Waals surface area contributed by atoms with Crippen molar-refractivity contribution in [1.29, 1.82) is 0 Å². The Kier molecular flexibility index (Phi) is 4.09. The number of alkyl halides is 3. The van der Waals surface area contributed by atoms with E-state index in [0.717, 1.165) is 23.2 Å². The highest BCUT2D eigenvalue weighted by atomic mass is 19.4. The molecule has 2 heterocycles. The van der Waals surface area contributed by atoms with Crippen LogP contribution in [0.1, 0.15) is 16.7 Å². The number of hydrazine groups is 1. The van der Waals surface area contributed by atoms with Gasteiger partial charge in [-0.1, -0.05) is 6.07 Å². The predicted molar refractivity (Wildman–Crippen MR) is 79.7 cm³/mol. The second-order valence-corrected chi connectivity index (χ2v) is 5.20. The third-order valence-electron chi connectivity index (χ3n) is 3.57. The van der Waals surface area contributed by atoms with Crippen molar-refractivity contribution in [3.63, 3.8) is 0 Å². The quantitative estimate of drug-likeness (QED) is 0.656. The minimum absolute atomic E-state index is 0.119. The Bertz CT molecular complexity index is 870. The third-order valence-corrected chi connectivity index (χ3v) is 3.57. The molecule has 0 spiro atoms. The zero-order valence-corrected chi connectivity index (χ0v) is 12.5. The number of carbonyl (C=O) groups is 2. The summed E-state index contributed by atoms with van der Waals surface area (Å²) in [7, 11) is 0. The summed E-state index contributed by atoms with van der Waals surface area (Å²) in [6, 6.07) is 4.03. The van der Waals surface area contributed by atoms with Crippen LogP contribution in [-0.2, 0) is 22.4 Å². The first kappa shape index (κ1) is 16.8. The molecule has 0 unspecified atom stereocenters. The van der Waals surface area contributed by atoms with E-state index in [1.807, 2.05) is 0 Å². The fraction of sp³-hybridized carbons (Fsp3) is 0.125. The number of halogens is 3. The van der Waals surface area contributed by atoms with Gasteiger partial charge in [-0.3, -0.25) is 15.0 Å². The number of nitrogens with one attached hydrogen (secondary N) is 1. The normalized spacial score (nSPS) is 16.6. The molecular formula is C16H11F3N2O4. The first-order valence-electron chi connectivity index (χ1n) is 7.01. The van der Waals surface area contributed by atoms with E-state index in [-0.39, 0.29) is 17.9 Å². The number of rotatable bonds is 3. The van der Waals surface area contributed by atoms with E-state index in [1.54, 1.807) is 0 Å². The fourth-order valence-electron chi connectivity index (χ4n) is 2.30. The van der Waals surface area contributed by atoms with E-state index >= 15 is 0 Å². The molecule has 0 saturated carbocycles. The highest BCUT2D eigenvalue weighted by Gasteiger charge is 2.36. The molecule has 1 fully saturated rings. The molecule has 6 nitrogen and oxygen atoms in total. The summed E-state index contributed by atoms with van der Waals surface area (Å²) in [5.74, 6) is -1.58. The Hall–Kier alpha value is -3.07. The minimum Gasteiger partial charge on any atom is -0.472 e. The van der Waals surface area contributed by atoms with Gasteiger partial charge in [0.2, 0.25) is 0 Å². The van der Waals surface area contributed by atoms with Gasteiger partial charge in [0.15, 0.2) is 0 Å².